The van der Waals surface area contributed by atoms with Gasteiger partial charge in [-0.3, -0.25) is 9.69 Å². The fourth-order valence-corrected chi connectivity index (χ4v) is 9.70. The third kappa shape index (κ3) is 4.93. The van der Waals surface area contributed by atoms with Crippen LogP contribution in [-0.2, 0) is 9.53 Å². The van der Waals surface area contributed by atoms with Crippen LogP contribution in [0.3, 0.4) is 0 Å². The van der Waals surface area contributed by atoms with E-state index in [1.54, 1.807) is 19.1 Å². The van der Waals surface area contributed by atoms with Gasteiger partial charge in [0.1, 0.15) is 23.4 Å². The van der Waals surface area contributed by atoms with Crippen LogP contribution in [0.5, 0.6) is 17.2 Å². The van der Waals surface area contributed by atoms with Crippen molar-refractivity contribution in [2.75, 3.05) is 32.3 Å². The smallest absolute Gasteiger partial charge is 0.269 e. The Labute approximate surface area is 231 Å². The van der Waals surface area contributed by atoms with Crippen LogP contribution in [-0.4, -0.2) is 52.6 Å². The maximum absolute atomic E-state index is 13.0. The molecule has 7 nitrogen and oxygen atoms in total. The fourth-order valence-electron chi connectivity index (χ4n) is 6.20. The molecule has 8 heteroatoms. The first-order valence-electron chi connectivity index (χ1n) is 13.4. The highest BCUT2D eigenvalue weighted by atomic mass is 28.3. The molecule has 4 atom stereocenters. The van der Waals surface area contributed by atoms with Gasteiger partial charge in [0.15, 0.2) is 6.61 Å². The summed E-state index contributed by atoms with van der Waals surface area (Å²) in [4.78, 5) is 14.7. The Kier molecular flexibility index (Phi) is 7.71. The minimum absolute atomic E-state index is 0.00923. The molecule has 5 rings (SSSR count). The summed E-state index contributed by atoms with van der Waals surface area (Å²) in [6.45, 7) is 6.92. The number of carbonyl (C=O) groups is 1. The van der Waals surface area contributed by atoms with Crippen molar-refractivity contribution >= 4 is 30.5 Å². The Morgan fingerprint density at radius 2 is 1.79 bits per heavy atom. The first-order chi connectivity index (χ1) is 18.8. The van der Waals surface area contributed by atoms with E-state index in [0.717, 1.165) is 28.4 Å². The van der Waals surface area contributed by atoms with Gasteiger partial charge in [0.05, 0.1) is 27.0 Å². The third-order valence-electron chi connectivity index (χ3n) is 8.38. The van der Waals surface area contributed by atoms with Crippen molar-refractivity contribution in [1.82, 2.24) is 0 Å². The van der Waals surface area contributed by atoms with Gasteiger partial charge in [-0.1, -0.05) is 49.5 Å². The van der Waals surface area contributed by atoms with Crippen molar-refractivity contribution in [3.05, 3.63) is 72.3 Å². The van der Waals surface area contributed by atoms with E-state index in [4.69, 9.17) is 18.9 Å². The van der Waals surface area contributed by atoms with Gasteiger partial charge in [0.25, 0.3) is 5.91 Å². The molecule has 1 amide bonds. The maximum atomic E-state index is 13.0. The quantitative estimate of drug-likeness (QED) is 0.391. The summed E-state index contributed by atoms with van der Waals surface area (Å²) < 4.78 is 23.9. The topological polar surface area (TPSA) is 77.5 Å². The molecular formula is C31H37NO6Si. The number of aliphatic hydroxyl groups is 1. The monoisotopic (exact) mass is 547 g/mol. The molecule has 0 radical (unpaired) electrons. The number of para-hydroxylation sites is 2. The molecule has 2 aliphatic rings. The number of methoxy groups -OCH3 is 2. The number of benzene rings is 3. The normalized spacial score (nSPS) is 21.3. The molecule has 0 saturated carbocycles. The Bertz CT molecular complexity index is 1330. The molecule has 0 spiro atoms. The Morgan fingerprint density at radius 1 is 1.05 bits per heavy atom. The number of amides is 1. The van der Waals surface area contributed by atoms with Crippen LogP contribution < -0.4 is 24.3 Å². The Hall–Kier alpha value is -3.33. The van der Waals surface area contributed by atoms with E-state index in [2.05, 4.69) is 32.2 Å². The van der Waals surface area contributed by atoms with Crippen molar-refractivity contribution in [3.63, 3.8) is 0 Å². The zero-order chi connectivity index (χ0) is 27.7. The average Bonchev–Trinajstić information content (AvgIpc) is 2.95. The molecule has 0 aromatic heterocycles. The number of hydrogen-bond acceptors (Lipinski definition) is 6. The minimum Gasteiger partial charge on any atom is -0.497 e. The van der Waals surface area contributed by atoms with Crippen LogP contribution in [0.15, 0.2) is 66.7 Å². The molecule has 39 heavy (non-hydrogen) atoms. The van der Waals surface area contributed by atoms with Crippen LogP contribution in [0.1, 0.15) is 25.0 Å². The van der Waals surface area contributed by atoms with E-state index < -0.39 is 8.07 Å². The van der Waals surface area contributed by atoms with Gasteiger partial charge in [-0.25, -0.2) is 0 Å². The number of ether oxygens (including phenoxy) is 4. The lowest BCUT2D eigenvalue weighted by Gasteiger charge is -2.46. The first kappa shape index (κ1) is 27.2. The Balaban J connectivity index is 1.51. The van der Waals surface area contributed by atoms with Crippen LogP contribution >= 0.6 is 0 Å². The molecule has 2 aliphatic heterocycles. The van der Waals surface area contributed by atoms with Gasteiger partial charge in [-0.15, -0.1) is 0 Å². The number of nitrogens with zero attached hydrogens (tertiary/aromatic N) is 1. The zero-order valence-electron chi connectivity index (χ0n) is 23.2. The number of carbonyl (C=O) groups excluding carboxylic acids is 1. The number of hydrogen-bond donors (Lipinski definition) is 1. The van der Waals surface area contributed by atoms with Gasteiger partial charge >= 0.3 is 0 Å². The van der Waals surface area contributed by atoms with Crippen molar-refractivity contribution in [2.45, 2.75) is 44.2 Å². The summed E-state index contributed by atoms with van der Waals surface area (Å²) in [6.07, 6.45) is 0.269. The third-order valence-corrected chi connectivity index (χ3v) is 12.7. The van der Waals surface area contributed by atoms with E-state index in [9.17, 15) is 9.90 Å². The lowest BCUT2D eigenvalue weighted by molar-refractivity contribution is -0.120. The van der Waals surface area contributed by atoms with Crippen molar-refractivity contribution in [3.8, 4) is 17.2 Å². The molecule has 0 fully saturated rings. The van der Waals surface area contributed by atoms with Crippen molar-refractivity contribution in [1.29, 1.82) is 0 Å². The molecule has 1 N–H and O–H groups in total. The largest absolute Gasteiger partial charge is 0.497 e. The van der Waals surface area contributed by atoms with Crippen LogP contribution in [0.2, 0.25) is 18.6 Å². The second-order valence-electron chi connectivity index (χ2n) is 10.9. The van der Waals surface area contributed by atoms with E-state index in [0.29, 0.717) is 12.2 Å². The summed E-state index contributed by atoms with van der Waals surface area (Å²) in [5.41, 5.74) is 2.54. The highest BCUT2D eigenvalue weighted by Gasteiger charge is 2.47. The molecule has 0 aliphatic carbocycles. The first-order valence-corrected chi connectivity index (χ1v) is 16.5. The molecule has 3 aromatic carbocycles. The van der Waals surface area contributed by atoms with Crippen LogP contribution in [0.4, 0.5) is 11.4 Å². The van der Waals surface area contributed by atoms with Gasteiger partial charge in [-0.2, -0.15) is 0 Å². The molecule has 2 heterocycles. The summed E-state index contributed by atoms with van der Waals surface area (Å²) >= 11 is 0. The summed E-state index contributed by atoms with van der Waals surface area (Å²) in [6, 6.07) is 21.7. The molecule has 0 saturated heterocycles. The van der Waals surface area contributed by atoms with Gasteiger partial charge in [0, 0.05) is 30.9 Å². The highest BCUT2D eigenvalue weighted by Crippen LogP contribution is 2.49. The molecule has 206 valence electrons. The zero-order valence-corrected chi connectivity index (χ0v) is 24.2. The van der Waals surface area contributed by atoms with Crippen molar-refractivity contribution < 1.29 is 28.8 Å². The van der Waals surface area contributed by atoms with E-state index in [1.807, 2.05) is 54.6 Å². The summed E-state index contributed by atoms with van der Waals surface area (Å²) in [5.74, 6) is 2.16. The maximum Gasteiger partial charge on any atom is 0.269 e. The van der Waals surface area contributed by atoms with Gasteiger partial charge in [-0.05, 0) is 54.4 Å². The molecule has 1 unspecified atom stereocenters. The number of anilines is 2. The van der Waals surface area contributed by atoms with E-state index in [-0.39, 0.29) is 42.8 Å². The van der Waals surface area contributed by atoms with Gasteiger partial charge in [0.2, 0.25) is 0 Å². The number of aliphatic hydroxyl groups excluding tert-OH is 1. The summed E-state index contributed by atoms with van der Waals surface area (Å²) in [7, 11) is 1.29. The predicted molar refractivity (Wildman–Crippen MR) is 154 cm³/mol. The number of rotatable bonds is 8. The Morgan fingerprint density at radius 3 is 2.49 bits per heavy atom. The summed E-state index contributed by atoms with van der Waals surface area (Å²) in [5, 5.41) is 11.4. The standard InChI is InChI=1S/C31H37NO6Si/c1-20-30(36-3)24-18-21(32-25-8-6-7-9-27(25)37-19-29(32)34)10-15-26(24)38-31(20)28(16-17-33)39(4,5)23-13-11-22(35-2)12-14-23/h6-15,18,20,28,30-31,33H,16-17,19H2,1-5H3/t20-,28?,30-,31-/m1/s1. The second kappa shape index (κ2) is 11.0. The predicted octanol–water partition coefficient (Wildman–Crippen LogP) is 5.21. The highest BCUT2D eigenvalue weighted by molar-refractivity contribution is 6.91. The average molecular weight is 548 g/mol. The van der Waals surface area contributed by atoms with E-state index >= 15 is 0 Å². The number of fused-ring (bicyclic) bond motifs is 2. The van der Waals surface area contributed by atoms with Crippen LogP contribution in [0, 0.1) is 5.92 Å². The van der Waals surface area contributed by atoms with Gasteiger partial charge < -0.3 is 24.1 Å². The second-order valence-corrected chi connectivity index (χ2v) is 15.6. The lowest BCUT2D eigenvalue weighted by Crippen LogP contribution is -2.54. The molecule has 3 aromatic rings. The molecular weight excluding hydrogens is 510 g/mol. The van der Waals surface area contributed by atoms with E-state index in [1.165, 1.54) is 5.19 Å². The molecule has 0 bridgehead atoms. The fraction of sp³-hybridized carbons (Fsp3) is 0.387. The van der Waals surface area contributed by atoms with Crippen LogP contribution in [0.25, 0.3) is 0 Å². The lowest BCUT2D eigenvalue weighted by atomic mass is 9.86. The SMILES string of the molecule is COc1ccc([Si](C)(C)C(CCO)[C@@H]2Oc3ccc(N4C(=O)COc5ccccc54)cc3[C@H](OC)[C@H]2C)cc1. The minimum atomic E-state index is -2.11. The van der Waals surface area contributed by atoms with Crippen molar-refractivity contribution in [2.24, 2.45) is 5.92 Å².